The Morgan fingerprint density at radius 2 is 1.54 bits per heavy atom. The Hall–Kier alpha value is -3.37. The Bertz CT molecular complexity index is 1290. The fraction of sp³-hybridized carbons (Fsp3) is 0.240. The van der Waals surface area contributed by atoms with Crippen molar-refractivity contribution in [1.82, 2.24) is 9.80 Å². The fourth-order valence-electron chi connectivity index (χ4n) is 3.90. The highest BCUT2D eigenvalue weighted by Crippen LogP contribution is 2.31. The number of nitrogens with zero attached hydrogens (tertiary/aromatic N) is 2. The van der Waals surface area contributed by atoms with Gasteiger partial charge in [-0.05, 0) is 42.0 Å². The lowest BCUT2D eigenvalue weighted by molar-refractivity contribution is -0.137. The number of piperazine rings is 1. The lowest BCUT2D eigenvalue weighted by Crippen LogP contribution is -2.48. The minimum absolute atomic E-state index is 0.202. The Kier molecular flexibility index (Phi) is 7.13. The van der Waals surface area contributed by atoms with Crippen LogP contribution < -0.4 is 4.72 Å². The normalized spacial score (nSPS) is 15.1. The number of nitrogens with one attached hydrogen (secondary N) is 1. The monoisotopic (exact) mass is 503 g/mol. The molecule has 1 aliphatic rings. The quantitative estimate of drug-likeness (QED) is 0.539. The van der Waals surface area contributed by atoms with Crippen molar-refractivity contribution in [3.63, 3.8) is 0 Å². The van der Waals surface area contributed by atoms with Gasteiger partial charge in [0.05, 0.1) is 10.5 Å². The molecule has 35 heavy (non-hydrogen) atoms. The molecule has 1 heterocycles. The van der Waals surface area contributed by atoms with Crippen molar-refractivity contribution in [2.75, 3.05) is 30.9 Å². The third-order valence-electron chi connectivity index (χ3n) is 5.74. The minimum Gasteiger partial charge on any atom is -0.336 e. The summed E-state index contributed by atoms with van der Waals surface area (Å²) < 4.78 is 66.6. The van der Waals surface area contributed by atoms with E-state index in [4.69, 9.17) is 0 Å². The maximum Gasteiger partial charge on any atom is 0.416 e. The van der Waals surface area contributed by atoms with E-state index in [0.29, 0.717) is 26.2 Å². The zero-order valence-corrected chi connectivity index (χ0v) is 19.5. The summed E-state index contributed by atoms with van der Waals surface area (Å²) in [4.78, 5) is 16.7. The summed E-state index contributed by atoms with van der Waals surface area (Å²) in [6, 6.07) is 19.5. The van der Waals surface area contributed by atoms with Gasteiger partial charge in [0.1, 0.15) is 0 Å². The van der Waals surface area contributed by atoms with Crippen molar-refractivity contribution >= 4 is 21.6 Å². The molecule has 1 fully saturated rings. The molecule has 3 aromatic carbocycles. The molecule has 6 nitrogen and oxygen atoms in total. The van der Waals surface area contributed by atoms with Crippen LogP contribution >= 0.6 is 0 Å². The predicted octanol–water partition coefficient (Wildman–Crippen LogP) is 4.46. The summed E-state index contributed by atoms with van der Waals surface area (Å²) in [5.41, 5.74) is 0.214. The number of hydrogen-bond acceptors (Lipinski definition) is 4. The molecule has 0 aliphatic carbocycles. The SMILES string of the molecule is O=C(c1cccc(S(=O)(=O)Nc2cccc(C(F)(F)F)c2)c1)N1CCN(Cc2ccccc2)CC1. The van der Waals surface area contributed by atoms with E-state index in [9.17, 15) is 26.4 Å². The van der Waals surface area contributed by atoms with E-state index in [1.54, 1.807) is 4.90 Å². The molecule has 0 aromatic heterocycles. The summed E-state index contributed by atoms with van der Waals surface area (Å²) >= 11 is 0. The number of carbonyl (C=O) groups excluding carboxylic acids is 1. The van der Waals surface area contributed by atoms with Crippen LogP contribution in [0.1, 0.15) is 21.5 Å². The molecule has 1 saturated heterocycles. The number of halogens is 3. The zero-order valence-electron chi connectivity index (χ0n) is 18.7. The molecule has 1 amide bonds. The van der Waals surface area contributed by atoms with Crippen molar-refractivity contribution in [2.24, 2.45) is 0 Å². The van der Waals surface area contributed by atoms with E-state index >= 15 is 0 Å². The Morgan fingerprint density at radius 1 is 0.857 bits per heavy atom. The Balaban J connectivity index is 1.42. The largest absolute Gasteiger partial charge is 0.416 e. The number of rotatable bonds is 6. The van der Waals surface area contributed by atoms with E-state index in [1.807, 2.05) is 18.2 Å². The molecular weight excluding hydrogens is 479 g/mol. The van der Waals surface area contributed by atoms with Gasteiger partial charge in [-0.25, -0.2) is 8.42 Å². The Morgan fingerprint density at radius 3 is 2.23 bits per heavy atom. The van der Waals surface area contributed by atoms with Gasteiger partial charge in [-0.1, -0.05) is 42.5 Å². The second-order valence-corrected chi connectivity index (χ2v) is 9.95. The molecule has 10 heteroatoms. The third kappa shape index (κ3) is 6.20. The number of sulfonamides is 1. The average Bonchev–Trinajstić information content (AvgIpc) is 2.84. The summed E-state index contributed by atoms with van der Waals surface area (Å²) in [5, 5.41) is 0. The van der Waals surface area contributed by atoms with E-state index in [0.717, 1.165) is 24.7 Å². The summed E-state index contributed by atoms with van der Waals surface area (Å²) in [6.45, 7) is 3.18. The van der Waals surface area contributed by atoms with Crippen LogP contribution in [-0.2, 0) is 22.7 Å². The van der Waals surface area contributed by atoms with E-state index < -0.39 is 21.8 Å². The first kappa shape index (κ1) is 24.7. The molecule has 3 aromatic rings. The number of amides is 1. The predicted molar refractivity (Wildman–Crippen MR) is 126 cm³/mol. The van der Waals surface area contributed by atoms with Crippen LogP contribution in [-0.4, -0.2) is 50.3 Å². The molecule has 0 spiro atoms. The number of carbonyl (C=O) groups is 1. The molecule has 0 bridgehead atoms. The summed E-state index contributed by atoms with van der Waals surface area (Å²) in [5.74, 6) is -0.291. The number of alkyl halides is 3. The van der Waals surface area contributed by atoms with Crippen molar-refractivity contribution in [3.8, 4) is 0 Å². The smallest absolute Gasteiger partial charge is 0.336 e. The van der Waals surface area contributed by atoms with Crippen LogP contribution in [0.25, 0.3) is 0 Å². The number of benzene rings is 3. The van der Waals surface area contributed by atoms with Gasteiger partial charge in [-0.3, -0.25) is 14.4 Å². The van der Waals surface area contributed by atoms with Crippen LogP contribution in [0.2, 0.25) is 0 Å². The summed E-state index contributed by atoms with van der Waals surface area (Å²) in [6.07, 6.45) is -4.60. The fourth-order valence-corrected chi connectivity index (χ4v) is 5.00. The van der Waals surface area contributed by atoms with Gasteiger partial charge < -0.3 is 4.90 Å². The molecule has 1 aliphatic heterocycles. The standard InChI is InChI=1S/C25H24F3N3O3S/c26-25(27,28)21-9-5-10-22(17-21)29-35(33,34)23-11-4-8-20(16-23)24(32)31-14-12-30(13-15-31)18-19-6-2-1-3-7-19/h1-11,16-17,29H,12-15,18H2. The first-order chi connectivity index (χ1) is 16.6. The molecular formula is C25H24F3N3O3S. The van der Waals surface area contributed by atoms with Crippen LogP contribution in [0.3, 0.4) is 0 Å². The van der Waals surface area contributed by atoms with Gasteiger partial charge in [0, 0.05) is 44.0 Å². The topological polar surface area (TPSA) is 69.7 Å². The molecule has 0 unspecified atom stereocenters. The molecule has 184 valence electrons. The highest BCUT2D eigenvalue weighted by molar-refractivity contribution is 7.92. The van der Waals surface area contributed by atoms with E-state index in [-0.39, 0.29) is 22.1 Å². The van der Waals surface area contributed by atoms with Crippen LogP contribution in [0.4, 0.5) is 18.9 Å². The van der Waals surface area contributed by atoms with Gasteiger partial charge in [0.15, 0.2) is 0 Å². The van der Waals surface area contributed by atoms with E-state index in [2.05, 4.69) is 21.8 Å². The molecule has 0 saturated carbocycles. The third-order valence-corrected chi connectivity index (χ3v) is 7.12. The number of anilines is 1. The Labute approximate surface area is 202 Å². The van der Waals surface area contributed by atoms with Gasteiger partial charge in [0.2, 0.25) is 0 Å². The van der Waals surface area contributed by atoms with Gasteiger partial charge in [-0.2, -0.15) is 13.2 Å². The lowest BCUT2D eigenvalue weighted by Gasteiger charge is -2.34. The van der Waals surface area contributed by atoms with Crippen molar-refractivity contribution < 1.29 is 26.4 Å². The zero-order chi connectivity index (χ0) is 25.1. The highest BCUT2D eigenvalue weighted by Gasteiger charge is 2.31. The van der Waals surface area contributed by atoms with Gasteiger partial charge in [-0.15, -0.1) is 0 Å². The molecule has 4 rings (SSSR count). The second-order valence-electron chi connectivity index (χ2n) is 8.27. The average molecular weight is 504 g/mol. The first-order valence-electron chi connectivity index (χ1n) is 11.0. The molecule has 0 radical (unpaired) electrons. The maximum atomic E-state index is 13.0. The lowest BCUT2D eigenvalue weighted by atomic mass is 10.1. The van der Waals surface area contributed by atoms with Crippen molar-refractivity contribution in [3.05, 3.63) is 95.6 Å². The maximum absolute atomic E-state index is 13.0. The van der Waals surface area contributed by atoms with Crippen LogP contribution in [0, 0.1) is 0 Å². The van der Waals surface area contributed by atoms with Crippen LogP contribution in [0.15, 0.2) is 83.8 Å². The minimum atomic E-state index is -4.60. The van der Waals surface area contributed by atoms with Crippen molar-refractivity contribution in [1.29, 1.82) is 0 Å². The molecule has 0 atom stereocenters. The first-order valence-corrected chi connectivity index (χ1v) is 12.5. The van der Waals surface area contributed by atoms with E-state index in [1.165, 1.54) is 35.9 Å². The van der Waals surface area contributed by atoms with Gasteiger partial charge in [0.25, 0.3) is 15.9 Å². The highest BCUT2D eigenvalue weighted by atomic mass is 32.2. The molecule has 1 N–H and O–H groups in total. The number of hydrogen-bond donors (Lipinski definition) is 1. The van der Waals surface area contributed by atoms with Gasteiger partial charge >= 0.3 is 6.18 Å². The second kappa shape index (κ2) is 10.1. The van der Waals surface area contributed by atoms with Crippen LogP contribution in [0.5, 0.6) is 0 Å². The van der Waals surface area contributed by atoms with Crippen molar-refractivity contribution in [2.45, 2.75) is 17.6 Å². The summed E-state index contributed by atoms with van der Waals surface area (Å²) in [7, 11) is -4.20.